The zero-order valence-electron chi connectivity index (χ0n) is 12.5. The molecule has 0 aliphatic carbocycles. The minimum atomic E-state index is 0. The molecular formula is C16H20IN5. The molecule has 0 fully saturated rings. The lowest BCUT2D eigenvalue weighted by Crippen LogP contribution is -2.38. The number of guanidine groups is 1. The fourth-order valence-electron chi connectivity index (χ4n) is 1.93. The molecule has 0 unspecified atom stereocenters. The maximum atomic E-state index is 8.76. The van der Waals surface area contributed by atoms with Crippen LogP contribution in [0.25, 0.3) is 0 Å². The third-order valence-corrected chi connectivity index (χ3v) is 3.10. The fourth-order valence-corrected chi connectivity index (χ4v) is 1.93. The Bertz CT molecular complexity index is 611. The van der Waals surface area contributed by atoms with E-state index in [-0.39, 0.29) is 24.0 Å². The molecule has 0 spiro atoms. The predicted molar refractivity (Wildman–Crippen MR) is 99.2 cm³/mol. The molecule has 0 radical (unpaired) electrons. The van der Waals surface area contributed by atoms with Crippen LogP contribution in [0.4, 0.5) is 0 Å². The fraction of sp³-hybridized carbons (Fsp3) is 0.250. The molecular weight excluding hydrogens is 389 g/mol. The summed E-state index contributed by atoms with van der Waals surface area (Å²) in [5.74, 6) is 0.770. The van der Waals surface area contributed by atoms with Crippen molar-refractivity contribution in [1.29, 1.82) is 5.26 Å². The number of rotatable bonds is 5. The van der Waals surface area contributed by atoms with Crippen LogP contribution in [0, 0.1) is 11.3 Å². The average molecular weight is 409 g/mol. The van der Waals surface area contributed by atoms with Crippen molar-refractivity contribution in [3.63, 3.8) is 0 Å². The largest absolute Gasteiger partial charge is 0.355 e. The number of nitrogens with zero attached hydrogens (tertiary/aromatic N) is 3. The van der Waals surface area contributed by atoms with Crippen LogP contribution in [0.1, 0.15) is 11.1 Å². The van der Waals surface area contributed by atoms with Gasteiger partial charge in [0.15, 0.2) is 5.96 Å². The predicted octanol–water partition coefficient (Wildman–Crippen LogP) is 2.34. The van der Waals surface area contributed by atoms with Gasteiger partial charge in [-0.2, -0.15) is 5.26 Å². The SMILES string of the molecule is CN=C(NCCn1cccc1)NCc1ccc(C#N)cc1.I. The molecule has 116 valence electrons. The highest BCUT2D eigenvalue weighted by Crippen LogP contribution is 2.02. The van der Waals surface area contributed by atoms with Crippen LogP contribution >= 0.6 is 24.0 Å². The topological polar surface area (TPSA) is 65.1 Å². The number of hydrogen-bond acceptors (Lipinski definition) is 2. The summed E-state index contributed by atoms with van der Waals surface area (Å²) in [6.45, 7) is 2.38. The van der Waals surface area contributed by atoms with Crippen molar-refractivity contribution in [3.8, 4) is 6.07 Å². The van der Waals surface area contributed by atoms with Gasteiger partial charge >= 0.3 is 0 Å². The summed E-state index contributed by atoms with van der Waals surface area (Å²) in [6.07, 6.45) is 4.07. The molecule has 0 aliphatic heterocycles. The summed E-state index contributed by atoms with van der Waals surface area (Å²) in [5, 5.41) is 15.3. The second kappa shape index (κ2) is 9.84. The lowest BCUT2D eigenvalue weighted by molar-refractivity contribution is 0.665. The van der Waals surface area contributed by atoms with Gasteiger partial charge in [-0.3, -0.25) is 4.99 Å². The van der Waals surface area contributed by atoms with Gasteiger partial charge in [0.2, 0.25) is 0 Å². The summed E-state index contributed by atoms with van der Waals surface area (Å²) < 4.78 is 2.11. The standard InChI is InChI=1S/C16H19N5.HI/c1-18-16(19-8-11-21-9-2-3-10-21)20-13-15-6-4-14(12-17)5-7-15;/h2-7,9-10H,8,11,13H2,1H3,(H2,18,19,20);1H. The zero-order valence-corrected chi connectivity index (χ0v) is 14.8. The van der Waals surface area contributed by atoms with Gasteiger partial charge < -0.3 is 15.2 Å². The van der Waals surface area contributed by atoms with Gasteiger partial charge in [-0.1, -0.05) is 12.1 Å². The molecule has 2 N–H and O–H groups in total. The van der Waals surface area contributed by atoms with Crippen molar-refractivity contribution in [2.75, 3.05) is 13.6 Å². The Kier molecular flexibility index (Phi) is 8.07. The molecule has 5 nitrogen and oxygen atoms in total. The van der Waals surface area contributed by atoms with Crippen LogP contribution in [-0.4, -0.2) is 24.1 Å². The number of nitrogens with one attached hydrogen (secondary N) is 2. The number of hydrogen-bond donors (Lipinski definition) is 2. The van der Waals surface area contributed by atoms with Crippen molar-refractivity contribution in [2.45, 2.75) is 13.1 Å². The Morgan fingerprint density at radius 2 is 1.86 bits per heavy atom. The Hall–Kier alpha value is -2.01. The van der Waals surface area contributed by atoms with E-state index in [2.05, 4.69) is 26.3 Å². The number of nitriles is 1. The molecule has 0 bridgehead atoms. The third-order valence-electron chi connectivity index (χ3n) is 3.10. The smallest absolute Gasteiger partial charge is 0.191 e. The van der Waals surface area contributed by atoms with E-state index >= 15 is 0 Å². The first-order chi connectivity index (χ1) is 10.3. The Labute approximate surface area is 148 Å². The summed E-state index contributed by atoms with van der Waals surface area (Å²) in [4.78, 5) is 4.19. The zero-order chi connectivity index (χ0) is 14.9. The Morgan fingerprint density at radius 3 is 2.45 bits per heavy atom. The molecule has 0 amide bonds. The number of benzene rings is 1. The first-order valence-electron chi connectivity index (χ1n) is 6.86. The molecule has 1 aromatic heterocycles. The maximum absolute atomic E-state index is 8.76. The number of aliphatic imine (C=N–C) groups is 1. The second-order valence-electron chi connectivity index (χ2n) is 4.58. The van der Waals surface area contributed by atoms with Gasteiger partial charge in [-0.05, 0) is 29.8 Å². The van der Waals surface area contributed by atoms with E-state index in [4.69, 9.17) is 5.26 Å². The first-order valence-corrected chi connectivity index (χ1v) is 6.86. The van der Waals surface area contributed by atoms with Crippen LogP contribution in [0.2, 0.25) is 0 Å². The van der Waals surface area contributed by atoms with Crippen LogP contribution in [0.15, 0.2) is 53.8 Å². The lowest BCUT2D eigenvalue weighted by Gasteiger charge is -2.12. The Morgan fingerprint density at radius 1 is 1.18 bits per heavy atom. The molecule has 2 rings (SSSR count). The molecule has 1 aromatic carbocycles. The van der Waals surface area contributed by atoms with Gasteiger partial charge in [-0.25, -0.2) is 0 Å². The average Bonchev–Trinajstić information content (AvgIpc) is 3.04. The minimum Gasteiger partial charge on any atom is -0.355 e. The highest BCUT2D eigenvalue weighted by atomic mass is 127. The molecule has 6 heteroatoms. The van der Waals surface area contributed by atoms with Crippen molar-refractivity contribution < 1.29 is 0 Å². The number of aromatic nitrogens is 1. The second-order valence-corrected chi connectivity index (χ2v) is 4.58. The van der Waals surface area contributed by atoms with Crippen LogP contribution in [-0.2, 0) is 13.1 Å². The van der Waals surface area contributed by atoms with Crippen molar-refractivity contribution in [3.05, 3.63) is 59.9 Å². The molecule has 22 heavy (non-hydrogen) atoms. The van der Waals surface area contributed by atoms with Gasteiger partial charge in [0.05, 0.1) is 11.6 Å². The molecule has 0 aliphatic rings. The first kappa shape index (κ1) is 18.0. The third kappa shape index (κ3) is 5.77. The highest BCUT2D eigenvalue weighted by Gasteiger charge is 1.98. The van der Waals surface area contributed by atoms with E-state index in [1.165, 1.54) is 0 Å². The molecule has 0 atom stereocenters. The number of halogens is 1. The summed E-state index contributed by atoms with van der Waals surface area (Å²) in [6, 6.07) is 13.7. The summed E-state index contributed by atoms with van der Waals surface area (Å²) in [5.41, 5.74) is 1.79. The van der Waals surface area contributed by atoms with Gasteiger partial charge in [0.1, 0.15) is 0 Å². The van der Waals surface area contributed by atoms with E-state index in [0.29, 0.717) is 12.1 Å². The quantitative estimate of drug-likeness (QED) is 0.453. The van der Waals surface area contributed by atoms with Crippen LogP contribution in [0.5, 0.6) is 0 Å². The van der Waals surface area contributed by atoms with Gasteiger partial charge in [-0.15, -0.1) is 24.0 Å². The van der Waals surface area contributed by atoms with Crippen LogP contribution in [0.3, 0.4) is 0 Å². The maximum Gasteiger partial charge on any atom is 0.191 e. The lowest BCUT2D eigenvalue weighted by atomic mass is 10.1. The van der Waals surface area contributed by atoms with E-state index in [1.54, 1.807) is 7.05 Å². The molecule has 1 heterocycles. The van der Waals surface area contributed by atoms with E-state index in [1.807, 2.05) is 48.8 Å². The van der Waals surface area contributed by atoms with Gasteiger partial charge in [0, 0.05) is 39.1 Å². The van der Waals surface area contributed by atoms with E-state index < -0.39 is 0 Å². The van der Waals surface area contributed by atoms with Gasteiger partial charge in [0.25, 0.3) is 0 Å². The van der Waals surface area contributed by atoms with Crippen LogP contribution < -0.4 is 10.6 Å². The molecule has 2 aromatic rings. The summed E-state index contributed by atoms with van der Waals surface area (Å²) in [7, 11) is 1.75. The van der Waals surface area contributed by atoms with Crippen molar-refractivity contribution in [2.24, 2.45) is 4.99 Å². The minimum absolute atomic E-state index is 0. The summed E-state index contributed by atoms with van der Waals surface area (Å²) >= 11 is 0. The van der Waals surface area contributed by atoms with Crippen molar-refractivity contribution >= 4 is 29.9 Å². The van der Waals surface area contributed by atoms with E-state index in [0.717, 1.165) is 24.6 Å². The normalized spacial score (nSPS) is 10.5. The van der Waals surface area contributed by atoms with Crippen molar-refractivity contribution in [1.82, 2.24) is 15.2 Å². The molecule has 0 saturated heterocycles. The highest BCUT2D eigenvalue weighted by molar-refractivity contribution is 14.0. The Balaban J connectivity index is 0.00000242. The monoisotopic (exact) mass is 409 g/mol. The molecule has 0 saturated carbocycles. The van der Waals surface area contributed by atoms with E-state index in [9.17, 15) is 0 Å².